The molecule has 0 atom stereocenters. The van der Waals surface area contributed by atoms with Gasteiger partial charge in [-0.3, -0.25) is 9.59 Å². The van der Waals surface area contributed by atoms with Gasteiger partial charge in [-0.05, 0) is 48.4 Å². The van der Waals surface area contributed by atoms with Gasteiger partial charge in [-0.2, -0.15) is 0 Å². The lowest BCUT2D eigenvalue weighted by Gasteiger charge is -2.17. The van der Waals surface area contributed by atoms with Gasteiger partial charge in [0, 0.05) is 23.2 Å². The van der Waals surface area contributed by atoms with Crippen molar-refractivity contribution in [1.82, 2.24) is 0 Å². The van der Waals surface area contributed by atoms with Crippen molar-refractivity contribution in [3.63, 3.8) is 0 Å². The zero-order valence-corrected chi connectivity index (χ0v) is 11.7. The highest BCUT2D eigenvalue weighted by Crippen LogP contribution is 2.26. The molecule has 106 valence electrons. The maximum absolute atomic E-state index is 13.0. The van der Waals surface area contributed by atoms with Crippen molar-refractivity contribution < 1.29 is 14.0 Å². The fourth-order valence-corrected chi connectivity index (χ4v) is 2.61. The van der Waals surface area contributed by atoms with Gasteiger partial charge in [-0.15, -0.1) is 0 Å². The van der Waals surface area contributed by atoms with Crippen molar-refractivity contribution in [2.75, 3.05) is 5.32 Å². The van der Waals surface area contributed by atoms with Crippen LogP contribution < -0.4 is 5.32 Å². The molecule has 0 spiro atoms. The average Bonchev–Trinajstić information content (AvgIpc) is 2.46. The van der Waals surface area contributed by atoms with E-state index in [4.69, 9.17) is 11.6 Å². The maximum atomic E-state index is 13.0. The van der Waals surface area contributed by atoms with Crippen LogP contribution in [0.1, 0.15) is 27.9 Å². The Morgan fingerprint density at radius 3 is 2.71 bits per heavy atom. The molecular weight excluding hydrogens is 293 g/mol. The molecule has 1 aliphatic rings. The summed E-state index contributed by atoms with van der Waals surface area (Å²) in [5, 5.41) is 2.85. The van der Waals surface area contributed by atoms with Crippen LogP contribution in [-0.2, 0) is 11.2 Å². The average molecular weight is 304 g/mol. The van der Waals surface area contributed by atoms with Crippen LogP contribution in [0.5, 0.6) is 0 Å². The standard InChI is InChI=1S/C16H11ClFNO2/c17-13-8-11(18)3-4-12(13)16(21)10-1-5-14-9(7-10)2-6-15(20)19-14/h1,3-5,7-8H,2,6H2,(H,19,20). The third-order valence-electron chi connectivity index (χ3n) is 3.44. The number of amides is 1. The summed E-state index contributed by atoms with van der Waals surface area (Å²) in [6, 6.07) is 8.78. The van der Waals surface area contributed by atoms with Gasteiger partial charge in [0.15, 0.2) is 5.78 Å². The van der Waals surface area contributed by atoms with Crippen LogP contribution in [0, 0.1) is 5.82 Å². The van der Waals surface area contributed by atoms with Crippen molar-refractivity contribution in [2.45, 2.75) is 12.8 Å². The quantitative estimate of drug-likeness (QED) is 0.862. The molecule has 3 nitrogen and oxygen atoms in total. The monoisotopic (exact) mass is 303 g/mol. The fraction of sp³-hybridized carbons (Fsp3) is 0.125. The first-order chi connectivity index (χ1) is 10.0. The lowest BCUT2D eigenvalue weighted by Crippen LogP contribution is -2.19. The Hall–Kier alpha value is -2.20. The van der Waals surface area contributed by atoms with Crippen molar-refractivity contribution in [3.05, 3.63) is 63.9 Å². The van der Waals surface area contributed by atoms with Crippen LogP contribution in [0.3, 0.4) is 0 Å². The molecule has 21 heavy (non-hydrogen) atoms. The summed E-state index contributed by atoms with van der Waals surface area (Å²) < 4.78 is 13.0. The van der Waals surface area contributed by atoms with Crippen molar-refractivity contribution >= 4 is 29.0 Å². The summed E-state index contributed by atoms with van der Waals surface area (Å²) in [5.41, 5.74) is 2.38. The Morgan fingerprint density at radius 1 is 1.14 bits per heavy atom. The van der Waals surface area contributed by atoms with Gasteiger partial charge in [0.1, 0.15) is 5.82 Å². The molecule has 1 amide bonds. The number of carbonyl (C=O) groups excluding carboxylic acids is 2. The maximum Gasteiger partial charge on any atom is 0.224 e. The zero-order chi connectivity index (χ0) is 15.0. The molecular formula is C16H11ClFNO2. The van der Waals surface area contributed by atoms with E-state index in [9.17, 15) is 14.0 Å². The minimum absolute atomic E-state index is 0.0249. The van der Waals surface area contributed by atoms with Crippen LogP contribution in [0.4, 0.5) is 10.1 Å². The Labute approximate surface area is 125 Å². The Balaban J connectivity index is 1.97. The number of anilines is 1. The summed E-state index contributed by atoms with van der Waals surface area (Å²) in [6.45, 7) is 0. The first-order valence-corrected chi connectivity index (χ1v) is 6.85. The fourth-order valence-electron chi connectivity index (χ4n) is 2.35. The van der Waals surface area contributed by atoms with Crippen LogP contribution in [-0.4, -0.2) is 11.7 Å². The molecule has 0 fully saturated rings. The van der Waals surface area contributed by atoms with Gasteiger partial charge in [0.05, 0.1) is 5.02 Å². The first kappa shape index (κ1) is 13.8. The van der Waals surface area contributed by atoms with E-state index in [1.807, 2.05) is 0 Å². The van der Waals surface area contributed by atoms with Gasteiger partial charge in [-0.1, -0.05) is 11.6 Å². The summed E-state index contributed by atoms with van der Waals surface area (Å²) in [7, 11) is 0. The molecule has 2 aromatic carbocycles. The second-order valence-electron chi connectivity index (χ2n) is 4.87. The number of fused-ring (bicyclic) bond motifs is 1. The Kier molecular flexibility index (Phi) is 3.47. The van der Waals surface area contributed by atoms with Gasteiger partial charge in [-0.25, -0.2) is 4.39 Å². The lowest BCUT2D eigenvalue weighted by atomic mass is 9.96. The van der Waals surface area contributed by atoms with E-state index in [1.165, 1.54) is 12.1 Å². The molecule has 3 rings (SSSR count). The third kappa shape index (κ3) is 2.67. The molecule has 1 aliphatic heterocycles. The SMILES string of the molecule is O=C1CCc2cc(C(=O)c3ccc(F)cc3Cl)ccc2N1. The summed E-state index contributed by atoms with van der Waals surface area (Å²) in [6.07, 6.45) is 1.00. The number of aryl methyl sites for hydroxylation is 1. The number of halogens is 2. The highest BCUT2D eigenvalue weighted by Gasteiger charge is 2.18. The Morgan fingerprint density at radius 2 is 1.95 bits per heavy atom. The number of ketones is 1. The van der Waals surface area contributed by atoms with E-state index in [2.05, 4.69) is 5.32 Å². The largest absolute Gasteiger partial charge is 0.326 e. The van der Waals surface area contributed by atoms with Gasteiger partial charge in [0.25, 0.3) is 0 Å². The van der Waals surface area contributed by atoms with Crippen molar-refractivity contribution in [3.8, 4) is 0 Å². The highest BCUT2D eigenvalue weighted by molar-refractivity contribution is 6.35. The molecule has 1 heterocycles. The third-order valence-corrected chi connectivity index (χ3v) is 3.75. The second kappa shape index (κ2) is 5.30. The van der Waals surface area contributed by atoms with Crippen molar-refractivity contribution in [1.29, 1.82) is 0 Å². The lowest BCUT2D eigenvalue weighted by molar-refractivity contribution is -0.116. The van der Waals surface area contributed by atoms with E-state index in [0.717, 1.165) is 17.3 Å². The summed E-state index contributed by atoms with van der Waals surface area (Å²) in [4.78, 5) is 23.7. The Bertz CT molecular complexity index is 758. The van der Waals surface area contributed by atoms with Crippen molar-refractivity contribution in [2.24, 2.45) is 0 Å². The van der Waals surface area contributed by atoms with Gasteiger partial charge >= 0.3 is 0 Å². The zero-order valence-electron chi connectivity index (χ0n) is 11.0. The highest BCUT2D eigenvalue weighted by atomic mass is 35.5. The number of benzene rings is 2. The van der Waals surface area contributed by atoms with Crippen LogP contribution in [0.25, 0.3) is 0 Å². The number of hydrogen-bond acceptors (Lipinski definition) is 2. The number of rotatable bonds is 2. The van der Waals surface area contributed by atoms with Gasteiger partial charge < -0.3 is 5.32 Å². The normalized spacial score (nSPS) is 13.5. The number of hydrogen-bond donors (Lipinski definition) is 1. The predicted octanol–water partition coefficient (Wildman–Crippen LogP) is 3.59. The summed E-state index contributed by atoms with van der Waals surface area (Å²) in [5.74, 6) is -0.771. The molecule has 1 N–H and O–H groups in total. The van der Waals surface area contributed by atoms with E-state index < -0.39 is 5.82 Å². The molecule has 0 saturated carbocycles. The molecule has 0 saturated heterocycles. The van der Waals surface area contributed by atoms with E-state index in [-0.39, 0.29) is 22.3 Å². The van der Waals surface area contributed by atoms with E-state index >= 15 is 0 Å². The first-order valence-electron chi connectivity index (χ1n) is 6.47. The molecule has 0 radical (unpaired) electrons. The molecule has 2 aromatic rings. The minimum atomic E-state index is -0.482. The molecule has 0 aromatic heterocycles. The van der Waals surface area contributed by atoms with E-state index in [1.54, 1.807) is 18.2 Å². The molecule has 0 aliphatic carbocycles. The number of carbonyl (C=O) groups is 2. The number of nitrogens with one attached hydrogen (secondary N) is 1. The second-order valence-corrected chi connectivity index (χ2v) is 5.28. The van der Waals surface area contributed by atoms with E-state index in [0.29, 0.717) is 18.4 Å². The van der Waals surface area contributed by atoms with Crippen LogP contribution >= 0.6 is 11.6 Å². The van der Waals surface area contributed by atoms with Gasteiger partial charge in [0.2, 0.25) is 5.91 Å². The molecule has 0 bridgehead atoms. The summed E-state index contributed by atoms with van der Waals surface area (Å²) >= 11 is 5.92. The minimum Gasteiger partial charge on any atom is -0.326 e. The predicted molar refractivity (Wildman–Crippen MR) is 78.2 cm³/mol. The molecule has 5 heteroatoms. The van der Waals surface area contributed by atoms with Crippen LogP contribution in [0.15, 0.2) is 36.4 Å². The smallest absolute Gasteiger partial charge is 0.224 e. The van der Waals surface area contributed by atoms with Crippen LogP contribution in [0.2, 0.25) is 5.02 Å². The molecule has 0 unspecified atom stereocenters. The topological polar surface area (TPSA) is 46.2 Å².